The standard InChI is InChI=1S/C23H25NO8.C21H26O.C18H20FN3O2.C10H11N3O3S/c1-9(25)14-19(28)17(24(3)4)12-8-11-16(21(30)23(12,32)20(14)29)18(27)15-10(22(11,2)31)6-5-7-13(15)26;1-4-20(2)11-10-19-18-7-5-14-13-15(22)6-8-16(14)17(18)9-12-21(19,20)3;1-11(23)14-10-22(12-2-3-12)16-9-17(21-6-4-20-5-7-21)15(19)8-13(16)18(14)24;1-7-6-10(12-16-7)13-17(14,15)9-4-2-8(11)3-5-9/h5-7,11-12,17,26-27,29,31-32H,8H2,1-4H3;1,6,8,13,17-19,22H,5,7,9-12H2,2-3H3;8-10,12,20H,2-7H2,1H3;2-6H,11H2,1H3,(H,12,13)/t11-,12-,17?,22+,23+;17-,18-,19+,20-,21+;;/m01../s1. The van der Waals surface area contributed by atoms with Crippen molar-refractivity contribution in [3.63, 3.8) is 0 Å². The fourth-order valence-electron chi connectivity index (χ4n) is 16.3. The first-order chi connectivity index (χ1) is 44.8. The van der Waals surface area contributed by atoms with E-state index in [1.807, 2.05) is 21.6 Å². The lowest BCUT2D eigenvalue weighted by atomic mass is 9.51. The van der Waals surface area contributed by atoms with Gasteiger partial charge in [-0.25, -0.2) is 12.8 Å². The number of carbonyl (C=O) groups excluding carboxylic acids is 4. The Bertz CT molecular complexity index is 4410. The molecular formula is C72H82FN7O14S. The molecule has 8 aliphatic rings. The highest BCUT2D eigenvalue weighted by Gasteiger charge is 2.67. The second-order valence-corrected chi connectivity index (χ2v) is 29.2. The Hall–Kier alpha value is -8.66. The molecule has 0 bridgehead atoms. The number of aryl methyl sites for hydroxylation is 2. The number of aliphatic hydroxyl groups excluding tert-OH is 2. The zero-order valence-electron chi connectivity index (χ0n) is 54.5. The number of piperazine rings is 1. The van der Waals surface area contributed by atoms with Gasteiger partial charge in [0.05, 0.1) is 38.9 Å². The van der Waals surface area contributed by atoms with E-state index in [2.05, 4.69) is 41.0 Å². The quantitative estimate of drug-likeness (QED) is 0.0297. The van der Waals surface area contributed by atoms with Crippen LogP contribution in [0.25, 0.3) is 16.7 Å². The molecule has 10 N–H and O–H groups in total. The van der Waals surface area contributed by atoms with Crippen LogP contribution in [0.2, 0.25) is 0 Å². The van der Waals surface area contributed by atoms with Gasteiger partial charge < -0.3 is 55.7 Å². The van der Waals surface area contributed by atoms with Crippen molar-refractivity contribution in [3.8, 4) is 23.8 Å². The third kappa shape index (κ3) is 11.8. The largest absolute Gasteiger partial charge is 0.508 e. The number of nitrogens with two attached hydrogens (primary N) is 1. The molecule has 0 radical (unpaired) electrons. The van der Waals surface area contributed by atoms with Gasteiger partial charge in [-0.05, 0) is 201 Å². The van der Waals surface area contributed by atoms with Crippen molar-refractivity contribution in [3.05, 3.63) is 152 Å². The molecule has 4 aromatic carbocycles. The Labute approximate surface area is 550 Å². The number of fused-ring (bicyclic) bond motifs is 9. The van der Waals surface area contributed by atoms with Crippen molar-refractivity contribution in [2.75, 3.05) is 55.6 Å². The number of ketones is 4. The van der Waals surface area contributed by atoms with Crippen molar-refractivity contribution in [1.82, 2.24) is 19.9 Å². The number of nitrogens with one attached hydrogen (secondary N) is 2. The Balaban J connectivity index is 0.000000132. The summed E-state index contributed by atoms with van der Waals surface area (Å²) in [5.74, 6) is -1.12. The molecule has 0 spiro atoms. The summed E-state index contributed by atoms with van der Waals surface area (Å²) in [6.45, 7) is 13.4. The molecule has 1 aliphatic heterocycles. The number of Topliss-reactive ketones (excluding diaryl/α,β-unsaturated/α-hetero) is 4. The molecule has 0 amide bonds. The zero-order valence-corrected chi connectivity index (χ0v) is 55.3. The number of terminal acetylenes is 1. The lowest BCUT2D eigenvalue weighted by molar-refractivity contribution is -0.159. The van der Waals surface area contributed by atoms with Crippen LogP contribution in [-0.4, -0.2) is 129 Å². The SMILES string of the molecule is C#C[C@]1(C)CC[C@H]2[C@@H]3CCc4cc(O)ccc4[C@H]3CC[C@@]21C.CC(=O)C1=C(O)[C@@]2(O)C(=O)C3=C(O)c4c(O)cccc4[C@@](C)(O)[C@H]3C[C@H]2C(N(C)C)C1=O.CC(=O)c1cn(C2CC2)c2cc(N3CCNCC3)c(F)cc2c1=O.Cc1cc(NS(=O)(=O)c2ccc(N)cc2)no1. The van der Waals surface area contributed by atoms with Gasteiger partial charge in [0.15, 0.2) is 34.2 Å². The van der Waals surface area contributed by atoms with E-state index >= 15 is 0 Å². The average molecular weight is 1320 g/mol. The van der Waals surface area contributed by atoms with Crippen LogP contribution in [0, 0.1) is 59.6 Å². The molecule has 5 fully saturated rings. The van der Waals surface area contributed by atoms with Gasteiger partial charge in [0.25, 0.3) is 10.0 Å². The third-order valence-electron chi connectivity index (χ3n) is 21.7. The van der Waals surface area contributed by atoms with Crippen LogP contribution in [0.1, 0.15) is 136 Å². The summed E-state index contributed by atoms with van der Waals surface area (Å²) < 4.78 is 47.5. The zero-order chi connectivity index (χ0) is 68.8. The van der Waals surface area contributed by atoms with Crippen LogP contribution in [0.5, 0.6) is 11.5 Å². The monoisotopic (exact) mass is 1320 g/mol. The van der Waals surface area contributed by atoms with Crippen molar-refractivity contribution in [2.24, 2.45) is 34.5 Å². The highest BCUT2D eigenvalue weighted by Crippen LogP contribution is 2.67. The number of rotatable bonds is 8. The molecule has 4 saturated carbocycles. The maximum Gasteiger partial charge on any atom is 0.263 e. The second kappa shape index (κ2) is 25.2. The molecule has 95 heavy (non-hydrogen) atoms. The van der Waals surface area contributed by atoms with Crippen LogP contribution >= 0.6 is 0 Å². The number of hydrogen-bond acceptors (Lipinski definition) is 19. The first kappa shape index (κ1) is 67.7. The first-order valence-corrected chi connectivity index (χ1v) is 33.6. The maximum atomic E-state index is 14.7. The van der Waals surface area contributed by atoms with Crippen molar-refractivity contribution in [2.45, 2.75) is 133 Å². The van der Waals surface area contributed by atoms with Crippen LogP contribution in [0.4, 0.5) is 21.6 Å². The number of anilines is 3. The molecule has 3 heterocycles. The van der Waals surface area contributed by atoms with Crippen LogP contribution in [0.3, 0.4) is 0 Å². The molecule has 6 aromatic rings. The van der Waals surface area contributed by atoms with Gasteiger partial charge in [0.2, 0.25) is 5.78 Å². The Kier molecular flexibility index (Phi) is 17.9. The predicted molar refractivity (Wildman–Crippen MR) is 356 cm³/mol. The number of aromatic hydroxyl groups is 2. The van der Waals surface area contributed by atoms with E-state index in [1.165, 1.54) is 117 Å². The average Bonchev–Trinajstić information content (AvgIpc) is 1.13. The summed E-state index contributed by atoms with van der Waals surface area (Å²) in [7, 11) is -0.556. The summed E-state index contributed by atoms with van der Waals surface area (Å²) in [5.41, 5.74) is 4.89. The Morgan fingerprint density at radius 2 is 1.58 bits per heavy atom. The van der Waals surface area contributed by atoms with E-state index < -0.39 is 79.4 Å². The molecule has 2 aromatic heterocycles. The van der Waals surface area contributed by atoms with Crippen molar-refractivity contribution >= 4 is 67.0 Å². The number of aromatic nitrogens is 2. The number of aliphatic hydroxyl groups is 4. The third-order valence-corrected chi connectivity index (χ3v) is 23.1. The molecule has 502 valence electrons. The number of carbonyl (C=O) groups is 4. The fraction of sp³-hybridized carbons (Fsp3) is 0.444. The topological polar surface area (TPSA) is 328 Å². The number of nitrogen functional groups attached to an aromatic ring is 1. The van der Waals surface area contributed by atoms with Gasteiger partial charge in [-0.3, -0.25) is 33.6 Å². The van der Waals surface area contributed by atoms with Gasteiger partial charge in [-0.1, -0.05) is 36.2 Å². The minimum Gasteiger partial charge on any atom is -0.508 e. The summed E-state index contributed by atoms with van der Waals surface area (Å²) in [4.78, 5) is 66.9. The number of benzene rings is 4. The normalized spacial score (nSPS) is 28.1. The molecule has 1 saturated heterocycles. The number of hydrogen-bond donors (Lipinski definition) is 9. The van der Waals surface area contributed by atoms with Gasteiger partial charge in [-0.15, -0.1) is 6.42 Å². The van der Waals surface area contributed by atoms with Crippen molar-refractivity contribution < 1.29 is 67.1 Å². The Morgan fingerprint density at radius 1 is 0.884 bits per heavy atom. The second-order valence-electron chi connectivity index (χ2n) is 27.5. The number of likely N-dealkylation sites (N-methyl/N-ethyl adjacent to an activating group) is 1. The molecule has 23 heteroatoms. The van der Waals surface area contributed by atoms with Gasteiger partial charge in [-0.2, -0.15) is 0 Å². The highest BCUT2D eigenvalue weighted by molar-refractivity contribution is 7.92. The van der Waals surface area contributed by atoms with Crippen LogP contribution in [0.15, 0.2) is 116 Å². The highest BCUT2D eigenvalue weighted by atomic mass is 32.2. The van der Waals surface area contributed by atoms with E-state index in [4.69, 9.17) is 16.7 Å². The predicted octanol–water partition coefficient (Wildman–Crippen LogP) is 9.07. The maximum absolute atomic E-state index is 14.7. The minimum absolute atomic E-state index is 0.0812. The number of halogens is 1. The number of nitrogens with zero attached hydrogens (tertiary/aromatic N) is 4. The summed E-state index contributed by atoms with van der Waals surface area (Å²) >= 11 is 0. The number of phenols is 2. The van der Waals surface area contributed by atoms with E-state index in [0.717, 1.165) is 69.7 Å². The summed E-state index contributed by atoms with van der Waals surface area (Å²) in [6.07, 6.45) is 16.9. The molecule has 14 rings (SSSR count). The summed E-state index contributed by atoms with van der Waals surface area (Å²) in [5, 5.41) is 72.0. The number of pyridine rings is 1. The van der Waals surface area contributed by atoms with E-state index in [-0.39, 0.29) is 61.8 Å². The molecule has 7 aliphatic carbocycles. The van der Waals surface area contributed by atoms with Crippen molar-refractivity contribution in [1.29, 1.82) is 0 Å². The summed E-state index contributed by atoms with van der Waals surface area (Å²) in [6, 6.07) is 19.9. The van der Waals surface area contributed by atoms with E-state index in [1.54, 1.807) is 33.3 Å². The first-order valence-electron chi connectivity index (χ1n) is 32.2. The minimum atomic E-state index is -3.64. The van der Waals surface area contributed by atoms with E-state index in [9.17, 15) is 67.4 Å². The molecule has 21 nitrogen and oxygen atoms in total. The fourth-order valence-corrected chi connectivity index (χ4v) is 17.3. The lowest BCUT2D eigenvalue weighted by Crippen LogP contribution is -2.66. The molecule has 1 unspecified atom stereocenters. The van der Waals surface area contributed by atoms with Gasteiger partial charge in [0.1, 0.15) is 40.2 Å². The molecule has 10 atom stereocenters. The van der Waals surface area contributed by atoms with E-state index in [0.29, 0.717) is 45.6 Å². The number of sulfonamides is 1. The van der Waals surface area contributed by atoms with Gasteiger partial charge >= 0.3 is 0 Å². The number of phenolic OH excluding ortho intramolecular Hbond substituents is 2. The van der Waals surface area contributed by atoms with Crippen LogP contribution in [-0.2, 0) is 36.4 Å². The lowest BCUT2D eigenvalue weighted by Gasteiger charge is -2.53. The molecular weight excluding hydrogens is 1240 g/mol. The Morgan fingerprint density at radius 3 is 2.20 bits per heavy atom. The smallest absolute Gasteiger partial charge is 0.263 e. The van der Waals surface area contributed by atoms with Gasteiger partial charge in [0, 0.05) is 78.4 Å². The van der Waals surface area contributed by atoms with Crippen LogP contribution < -0.4 is 26.1 Å².